The van der Waals surface area contributed by atoms with Crippen LogP contribution in [0.3, 0.4) is 0 Å². The first kappa shape index (κ1) is 9.53. The molecule has 0 saturated carbocycles. The quantitative estimate of drug-likeness (QED) is 0.711. The zero-order chi connectivity index (χ0) is 9.14. The normalized spacial score (nSPS) is 9.17. The molecule has 1 rings (SSSR count). The SMILES string of the molecule is N#Cc1c(Cl)cc(NS)cc1Cl. The molecule has 62 valence electrons. The van der Waals surface area contributed by atoms with Crippen molar-refractivity contribution in [2.24, 2.45) is 0 Å². The summed E-state index contributed by atoms with van der Waals surface area (Å²) in [5.74, 6) is 0. The van der Waals surface area contributed by atoms with Crippen molar-refractivity contribution in [1.29, 1.82) is 5.26 Å². The lowest BCUT2D eigenvalue weighted by atomic mass is 10.2. The second-order valence-electron chi connectivity index (χ2n) is 2.04. The summed E-state index contributed by atoms with van der Waals surface area (Å²) in [4.78, 5) is 0. The number of thiol groups is 1. The van der Waals surface area contributed by atoms with Crippen molar-refractivity contribution >= 4 is 41.7 Å². The number of hydrogen-bond donors (Lipinski definition) is 2. The van der Waals surface area contributed by atoms with Crippen molar-refractivity contribution in [3.8, 4) is 6.07 Å². The van der Waals surface area contributed by atoms with E-state index in [4.69, 9.17) is 28.5 Å². The van der Waals surface area contributed by atoms with Gasteiger partial charge in [0.05, 0.1) is 15.6 Å². The van der Waals surface area contributed by atoms with E-state index in [2.05, 4.69) is 17.5 Å². The average Bonchev–Trinajstić information content (AvgIpc) is 2.03. The third-order valence-electron chi connectivity index (χ3n) is 1.28. The summed E-state index contributed by atoms with van der Waals surface area (Å²) in [7, 11) is 0. The van der Waals surface area contributed by atoms with Crippen LogP contribution in [0.4, 0.5) is 5.69 Å². The predicted octanol–water partition coefficient (Wildman–Crippen LogP) is 3.12. The zero-order valence-corrected chi connectivity index (χ0v) is 8.21. The molecule has 0 aliphatic carbocycles. The second kappa shape index (κ2) is 3.90. The van der Waals surface area contributed by atoms with E-state index in [9.17, 15) is 0 Å². The lowest BCUT2D eigenvalue weighted by Gasteiger charge is -2.02. The van der Waals surface area contributed by atoms with Crippen molar-refractivity contribution in [2.75, 3.05) is 4.72 Å². The number of rotatable bonds is 1. The highest BCUT2D eigenvalue weighted by atomic mass is 35.5. The Balaban J connectivity index is 3.30. The van der Waals surface area contributed by atoms with Gasteiger partial charge in [-0.2, -0.15) is 5.26 Å². The second-order valence-corrected chi connectivity index (χ2v) is 3.08. The van der Waals surface area contributed by atoms with E-state index >= 15 is 0 Å². The zero-order valence-electron chi connectivity index (χ0n) is 5.81. The van der Waals surface area contributed by atoms with Crippen molar-refractivity contribution < 1.29 is 0 Å². The molecule has 0 atom stereocenters. The summed E-state index contributed by atoms with van der Waals surface area (Å²) in [5, 5.41) is 9.25. The highest BCUT2D eigenvalue weighted by molar-refractivity contribution is 7.81. The fraction of sp³-hybridized carbons (Fsp3) is 0. The van der Waals surface area contributed by atoms with Gasteiger partial charge in [-0.25, -0.2) is 0 Å². The van der Waals surface area contributed by atoms with Crippen LogP contribution in [0.25, 0.3) is 0 Å². The van der Waals surface area contributed by atoms with E-state index in [0.717, 1.165) is 0 Å². The average molecular weight is 219 g/mol. The van der Waals surface area contributed by atoms with Crippen LogP contribution in [0.2, 0.25) is 10.0 Å². The maximum atomic E-state index is 8.60. The van der Waals surface area contributed by atoms with Gasteiger partial charge in [0.15, 0.2) is 0 Å². The minimum absolute atomic E-state index is 0.283. The molecule has 1 N–H and O–H groups in total. The number of nitriles is 1. The maximum Gasteiger partial charge on any atom is 0.102 e. The first-order chi connectivity index (χ1) is 5.69. The molecule has 0 bridgehead atoms. The molecule has 0 radical (unpaired) electrons. The molecule has 0 aliphatic rings. The maximum absolute atomic E-state index is 8.60. The molecule has 5 heteroatoms. The first-order valence-corrected chi connectivity index (χ1v) is 4.18. The van der Waals surface area contributed by atoms with Crippen LogP contribution < -0.4 is 4.72 Å². The van der Waals surface area contributed by atoms with Gasteiger partial charge in [0.2, 0.25) is 0 Å². The molecule has 12 heavy (non-hydrogen) atoms. The van der Waals surface area contributed by atoms with Crippen LogP contribution in [0, 0.1) is 11.3 Å². The Morgan fingerprint density at radius 2 is 1.83 bits per heavy atom. The Morgan fingerprint density at radius 1 is 1.33 bits per heavy atom. The molecule has 0 unspecified atom stereocenters. The molecule has 2 nitrogen and oxygen atoms in total. The highest BCUT2D eigenvalue weighted by Crippen LogP contribution is 2.28. The summed E-state index contributed by atoms with van der Waals surface area (Å²) in [5.41, 5.74) is 0.943. The van der Waals surface area contributed by atoms with Crippen LogP contribution in [-0.2, 0) is 0 Å². The smallest absolute Gasteiger partial charge is 0.102 e. The van der Waals surface area contributed by atoms with E-state index in [-0.39, 0.29) is 5.56 Å². The fourth-order valence-electron chi connectivity index (χ4n) is 0.744. The van der Waals surface area contributed by atoms with Gasteiger partial charge in [-0.05, 0) is 12.1 Å². The van der Waals surface area contributed by atoms with Gasteiger partial charge in [-0.3, -0.25) is 0 Å². The standard InChI is InChI=1S/C7H4Cl2N2S/c8-6-1-4(11-12)2-7(9)5(6)3-10/h1-2,11-12H. The van der Waals surface area contributed by atoms with Gasteiger partial charge in [-0.15, -0.1) is 0 Å². The number of nitrogens with one attached hydrogen (secondary N) is 1. The van der Waals surface area contributed by atoms with Crippen LogP contribution in [0.15, 0.2) is 12.1 Å². The molecule has 1 aromatic carbocycles. The monoisotopic (exact) mass is 218 g/mol. The number of benzene rings is 1. The molecule has 0 spiro atoms. The van der Waals surface area contributed by atoms with Gasteiger partial charge in [0.25, 0.3) is 0 Å². The Morgan fingerprint density at radius 3 is 2.17 bits per heavy atom. The predicted molar refractivity (Wildman–Crippen MR) is 53.8 cm³/mol. The van der Waals surface area contributed by atoms with Crippen LogP contribution in [0.5, 0.6) is 0 Å². The van der Waals surface area contributed by atoms with E-state index in [1.807, 2.05) is 6.07 Å². The molecular formula is C7H4Cl2N2S. The van der Waals surface area contributed by atoms with Crippen molar-refractivity contribution in [2.45, 2.75) is 0 Å². The summed E-state index contributed by atoms with van der Waals surface area (Å²) in [6.07, 6.45) is 0. The Labute approximate surface area is 85.6 Å². The third kappa shape index (κ3) is 1.78. The Bertz CT molecular complexity index is 323. The molecular weight excluding hydrogens is 215 g/mol. The Kier molecular flexibility index (Phi) is 3.10. The number of hydrogen-bond acceptors (Lipinski definition) is 3. The Hall–Kier alpha value is -0.560. The number of halogens is 2. The highest BCUT2D eigenvalue weighted by Gasteiger charge is 2.06. The van der Waals surface area contributed by atoms with Gasteiger partial charge in [-0.1, -0.05) is 36.0 Å². The van der Waals surface area contributed by atoms with Crippen molar-refractivity contribution in [1.82, 2.24) is 0 Å². The van der Waals surface area contributed by atoms with Crippen molar-refractivity contribution in [3.05, 3.63) is 27.7 Å². The first-order valence-electron chi connectivity index (χ1n) is 2.98. The number of anilines is 1. The van der Waals surface area contributed by atoms with E-state index in [0.29, 0.717) is 15.7 Å². The summed E-state index contributed by atoms with van der Waals surface area (Å²) >= 11 is 15.3. The van der Waals surface area contributed by atoms with Gasteiger partial charge in [0.1, 0.15) is 6.07 Å². The molecule has 1 aromatic rings. The van der Waals surface area contributed by atoms with Crippen LogP contribution in [0.1, 0.15) is 5.56 Å². The molecule has 0 aliphatic heterocycles. The molecule has 0 amide bonds. The third-order valence-corrected chi connectivity index (χ3v) is 2.14. The minimum Gasteiger partial charge on any atom is -0.332 e. The molecule has 0 aromatic heterocycles. The van der Waals surface area contributed by atoms with Crippen molar-refractivity contribution in [3.63, 3.8) is 0 Å². The summed E-state index contributed by atoms with van der Waals surface area (Å²) in [6.45, 7) is 0. The van der Waals surface area contributed by atoms with Gasteiger partial charge >= 0.3 is 0 Å². The van der Waals surface area contributed by atoms with Crippen LogP contribution in [-0.4, -0.2) is 0 Å². The lowest BCUT2D eigenvalue weighted by Crippen LogP contribution is -1.84. The lowest BCUT2D eigenvalue weighted by molar-refractivity contribution is 1.48. The topological polar surface area (TPSA) is 35.8 Å². The van der Waals surface area contributed by atoms with Gasteiger partial charge < -0.3 is 4.72 Å². The molecule has 0 saturated heterocycles. The van der Waals surface area contributed by atoms with E-state index in [1.54, 1.807) is 12.1 Å². The molecule has 0 heterocycles. The van der Waals surface area contributed by atoms with E-state index in [1.165, 1.54) is 0 Å². The fourth-order valence-corrected chi connectivity index (χ4v) is 1.45. The molecule has 0 fully saturated rings. The minimum atomic E-state index is 0.283. The van der Waals surface area contributed by atoms with Gasteiger partial charge in [0, 0.05) is 5.69 Å². The summed E-state index contributed by atoms with van der Waals surface area (Å²) in [6, 6.07) is 5.06. The van der Waals surface area contributed by atoms with E-state index < -0.39 is 0 Å². The number of nitrogens with zero attached hydrogens (tertiary/aromatic N) is 1. The van der Waals surface area contributed by atoms with Crippen LogP contribution >= 0.6 is 36.0 Å². The summed E-state index contributed by atoms with van der Waals surface area (Å²) < 4.78 is 2.58. The largest absolute Gasteiger partial charge is 0.332 e.